The predicted octanol–water partition coefficient (Wildman–Crippen LogP) is 5.85. The Kier molecular flexibility index (Phi) is 4.55. The molecule has 0 bridgehead atoms. The number of benzene rings is 1. The van der Waals surface area contributed by atoms with Crippen LogP contribution in [0.1, 0.15) is 43.2 Å². The van der Waals surface area contributed by atoms with Gasteiger partial charge in [0.2, 0.25) is 0 Å². The van der Waals surface area contributed by atoms with E-state index in [0.29, 0.717) is 16.6 Å². The molecule has 1 saturated carbocycles. The molecule has 1 aromatic heterocycles. The van der Waals surface area contributed by atoms with E-state index < -0.39 is 0 Å². The van der Waals surface area contributed by atoms with Crippen LogP contribution >= 0.6 is 23.2 Å². The van der Waals surface area contributed by atoms with E-state index in [2.05, 4.69) is 29.3 Å². The minimum atomic E-state index is 0.169. The highest BCUT2D eigenvalue weighted by Gasteiger charge is 2.41. The summed E-state index contributed by atoms with van der Waals surface area (Å²) >= 11 is 12.2. The van der Waals surface area contributed by atoms with E-state index in [1.54, 1.807) is 0 Å². The number of halogens is 2. The lowest BCUT2D eigenvalue weighted by atomic mass is 9.68. The lowest BCUT2D eigenvalue weighted by molar-refractivity contribution is 0.278. The van der Waals surface area contributed by atoms with Gasteiger partial charge in [0.15, 0.2) is 0 Å². The van der Waals surface area contributed by atoms with Crippen LogP contribution in [0, 0.1) is 5.41 Å². The first kappa shape index (κ1) is 17.0. The van der Waals surface area contributed by atoms with E-state index in [1.807, 2.05) is 18.2 Å². The summed E-state index contributed by atoms with van der Waals surface area (Å²) in [5.41, 5.74) is 3.88. The Labute approximate surface area is 159 Å². The second kappa shape index (κ2) is 6.69. The van der Waals surface area contributed by atoms with Crippen molar-refractivity contribution in [2.75, 3.05) is 5.32 Å². The summed E-state index contributed by atoms with van der Waals surface area (Å²) in [6.45, 7) is 0.628. The van der Waals surface area contributed by atoms with Crippen LogP contribution in [0.2, 0.25) is 10.0 Å². The van der Waals surface area contributed by atoms with Crippen LogP contribution in [0.3, 0.4) is 0 Å². The third-order valence-corrected chi connectivity index (χ3v) is 6.28. The van der Waals surface area contributed by atoms with Gasteiger partial charge in [-0.2, -0.15) is 0 Å². The fraction of sp³-hybridized carbons (Fsp3) is 0.450. The molecule has 5 heteroatoms. The van der Waals surface area contributed by atoms with Gasteiger partial charge in [-0.15, -0.1) is 0 Å². The van der Waals surface area contributed by atoms with Gasteiger partial charge in [0.25, 0.3) is 0 Å². The van der Waals surface area contributed by atoms with Crippen molar-refractivity contribution in [1.29, 1.82) is 0 Å². The smallest absolute Gasteiger partial charge is 0.108 e. The van der Waals surface area contributed by atoms with Crippen LogP contribution in [0.15, 0.2) is 35.6 Å². The van der Waals surface area contributed by atoms with Crippen molar-refractivity contribution >= 4 is 34.7 Å². The fourth-order valence-electron chi connectivity index (χ4n) is 4.26. The Bertz CT molecular complexity index is 816. The number of aryl methyl sites for hydroxylation is 1. The number of rotatable bonds is 2. The molecule has 0 radical (unpaired) electrons. The zero-order valence-corrected chi connectivity index (χ0v) is 16.0. The average molecular weight is 376 g/mol. The molecule has 1 aliphatic heterocycles. The molecule has 1 fully saturated rings. The Morgan fingerprint density at radius 3 is 2.68 bits per heavy atom. The van der Waals surface area contributed by atoms with Crippen LogP contribution in [0.4, 0.5) is 5.69 Å². The molecule has 1 aliphatic carbocycles. The van der Waals surface area contributed by atoms with E-state index >= 15 is 0 Å². The molecule has 0 unspecified atom stereocenters. The van der Waals surface area contributed by atoms with Crippen molar-refractivity contribution in [1.82, 2.24) is 4.57 Å². The molecule has 3 nitrogen and oxygen atoms in total. The van der Waals surface area contributed by atoms with Crippen molar-refractivity contribution in [2.45, 2.75) is 45.1 Å². The molecule has 0 amide bonds. The molecular weight excluding hydrogens is 353 g/mol. The van der Waals surface area contributed by atoms with Crippen LogP contribution in [-0.2, 0) is 20.0 Å². The SMILES string of the molecule is Cn1cc2c(c1)NC(=NCc1ccc(Cl)c(Cl)c1)C1(CCCCC1)C2. The standard InChI is InChI=1S/C20H23Cl2N3/c1-25-12-15-10-20(7-3-2-4-8-20)19(24-18(15)13-25)23-11-14-5-6-16(21)17(22)9-14/h5-6,9,12-13H,2-4,7-8,10-11H2,1H3,(H,23,24). The van der Waals surface area contributed by atoms with Gasteiger partial charge in [-0.05, 0) is 42.5 Å². The fourth-order valence-corrected chi connectivity index (χ4v) is 4.58. The summed E-state index contributed by atoms with van der Waals surface area (Å²) in [5, 5.41) is 4.83. The molecule has 2 heterocycles. The molecule has 132 valence electrons. The van der Waals surface area contributed by atoms with Gasteiger partial charge in [0.1, 0.15) is 5.84 Å². The van der Waals surface area contributed by atoms with Crippen molar-refractivity contribution in [2.24, 2.45) is 17.5 Å². The summed E-state index contributed by atoms with van der Waals surface area (Å²) in [4.78, 5) is 5.00. The Hall–Kier alpha value is -1.45. The first-order chi connectivity index (χ1) is 12.1. The molecule has 25 heavy (non-hydrogen) atoms. The van der Waals surface area contributed by atoms with Crippen molar-refractivity contribution in [3.63, 3.8) is 0 Å². The molecular formula is C20H23Cl2N3. The van der Waals surface area contributed by atoms with Crippen molar-refractivity contribution in [3.05, 3.63) is 51.8 Å². The number of hydrogen-bond donors (Lipinski definition) is 1. The van der Waals surface area contributed by atoms with Gasteiger partial charge in [0.05, 0.1) is 22.3 Å². The molecule has 1 spiro atoms. The minimum Gasteiger partial charge on any atom is -0.355 e. The highest BCUT2D eigenvalue weighted by atomic mass is 35.5. The number of aromatic nitrogens is 1. The van der Waals surface area contributed by atoms with E-state index in [1.165, 1.54) is 43.4 Å². The van der Waals surface area contributed by atoms with Gasteiger partial charge in [-0.25, -0.2) is 0 Å². The van der Waals surface area contributed by atoms with Gasteiger partial charge < -0.3 is 9.88 Å². The number of fused-ring (bicyclic) bond motifs is 1. The number of aliphatic imine (C=N–C) groups is 1. The second-order valence-electron chi connectivity index (χ2n) is 7.42. The lowest BCUT2D eigenvalue weighted by Crippen LogP contribution is -2.43. The molecule has 2 aromatic rings. The van der Waals surface area contributed by atoms with Gasteiger partial charge >= 0.3 is 0 Å². The predicted molar refractivity (Wildman–Crippen MR) is 106 cm³/mol. The largest absolute Gasteiger partial charge is 0.355 e. The van der Waals surface area contributed by atoms with E-state index in [9.17, 15) is 0 Å². The molecule has 0 saturated heterocycles. The van der Waals surface area contributed by atoms with Crippen LogP contribution in [-0.4, -0.2) is 10.4 Å². The number of anilines is 1. The van der Waals surface area contributed by atoms with Crippen LogP contribution < -0.4 is 5.32 Å². The van der Waals surface area contributed by atoms with Gasteiger partial charge in [0, 0.05) is 24.9 Å². The first-order valence-electron chi connectivity index (χ1n) is 8.96. The second-order valence-corrected chi connectivity index (χ2v) is 8.23. The molecule has 0 atom stereocenters. The molecule has 4 rings (SSSR count). The van der Waals surface area contributed by atoms with E-state index in [0.717, 1.165) is 17.8 Å². The summed E-state index contributed by atoms with van der Waals surface area (Å²) in [7, 11) is 2.08. The summed E-state index contributed by atoms with van der Waals surface area (Å²) in [6, 6.07) is 5.76. The zero-order chi connectivity index (χ0) is 17.4. The topological polar surface area (TPSA) is 29.3 Å². The van der Waals surface area contributed by atoms with Crippen LogP contribution in [0.5, 0.6) is 0 Å². The van der Waals surface area contributed by atoms with Crippen LogP contribution in [0.25, 0.3) is 0 Å². The number of nitrogens with zero attached hydrogens (tertiary/aromatic N) is 2. The third-order valence-electron chi connectivity index (χ3n) is 5.54. The zero-order valence-electron chi connectivity index (χ0n) is 14.5. The first-order valence-corrected chi connectivity index (χ1v) is 9.72. The number of nitrogens with one attached hydrogen (secondary N) is 1. The van der Waals surface area contributed by atoms with Crippen molar-refractivity contribution in [3.8, 4) is 0 Å². The van der Waals surface area contributed by atoms with Gasteiger partial charge in [-0.3, -0.25) is 4.99 Å². The highest BCUT2D eigenvalue weighted by molar-refractivity contribution is 6.42. The van der Waals surface area contributed by atoms with E-state index in [4.69, 9.17) is 28.2 Å². The summed E-state index contributed by atoms with van der Waals surface area (Å²) in [6.07, 6.45) is 11.8. The summed E-state index contributed by atoms with van der Waals surface area (Å²) < 4.78 is 2.14. The maximum Gasteiger partial charge on any atom is 0.108 e. The maximum absolute atomic E-state index is 6.15. The van der Waals surface area contributed by atoms with Crippen molar-refractivity contribution < 1.29 is 0 Å². The maximum atomic E-state index is 6.15. The monoisotopic (exact) mass is 375 g/mol. The molecule has 1 aromatic carbocycles. The normalized spacial score (nSPS) is 20.5. The Balaban J connectivity index is 1.65. The third kappa shape index (κ3) is 3.32. The quantitative estimate of drug-likeness (QED) is 0.700. The Morgan fingerprint density at radius 1 is 1.12 bits per heavy atom. The number of hydrogen-bond acceptors (Lipinski definition) is 1. The Morgan fingerprint density at radius 2 is 1.92 bits per heavy atom. The molecule has 2 aliphatic rings. The van der Waals surface area contributed by atoms with E-state index in [-0.39, 0.29) is 5.41 Å². The number of amidine groups is 1. The lowest BCUT2D eigenvalue weighted by Gasteiger charge is -2.41. The minimum absolute atomic E-state index is 0.169. The van der Waals surface area contributed by atoms with Gasteiger partial charge in [-0.1, -0.05) is 48.5 Å². The molecule has 1 N–H and O–H groups in total. The average Bonchev–Trinajstić information content (AvgIpc) is 2.95. The summed E-state index contributed by atoms with van der Waals surface area (Å²) in [5.74, 6) is 1.15. The highest BCUT2D eigenvalue weighted by Crippen LogP contribution is 2.45.